The van der Waals surface area contributed by atoms with Crippen molar-refractivity contribution in [2.45, 2.75) is 38.5 Å². The summed E-state index contributed by atoms with van der Waals surface area (Å²) in [6.45, 7) is 6.28. The first-order valence-electron chi connectivity index (χ1n) is 10.5. The van der Waals surface area contributed by atoms with Crippen molar-refractivity contribution in [1.82, 2.24) is 9.29 Å². The van der Waals surface area contributed by atoms with E-state index in [-0.39, 0.29) is 15.5 Å². The Morgan fingerprint density at radius 1 is 1.09 bits per heavy atom. The number of anilines is 1. The second kappa shape index (κ2) is 10.6. The second-order valence-corrected chi connectivity index (χ2v) is 10.3. The maximum Gasteiger partial charge on any atom is 0.257 e. The first-order valence-corrected chi connectivity index (χ1v) is 13.2. The lowest BCUT2D eigenvalue weighted by Crippen LogP contribution is -2.31. The summed E-state index contributed by atoms with van der Waals surface area (Å²) in [4.78, 5) is 17.2. The molecular weight excluding hydrogens is 466 g/mol. The molecule has 0 saturated heterocycles. The van der Waals surface area contributed by atoms with Crippen molar-refractivity contribution in [3.8, 4) is 11.3 Å². The zero-order valence-corrected chi connectivity index (χ0v) is 20.6. The summed E-state index contributed by atoms with van der Waals surface area (Å²) in [6, 6.07) is 12.5. The lowest BCUT2D eigenvalue weighted by molar-refractivity contribution is 0.102. The van der Waals surface area contributed by atoms with E-state index in [4.69, 9.17) is 11.6 Å². The summed E-state index contributed by atoms with van der Waals surface area (Å²) in [5.41, 5.74) is 3.22. The van der Waals surface area contributed by atoms with Crippen molar-refractivity contribution in [1.29, 1.82) is 0 Å². The van der Waals surface area contributed by atoms with Crippen molar-refractivity contribution >= 4 is 44.0 Å². The van der Waals surface area contributed by atoms with Crippen LogP contribution >= 0.6 is 22.9 Å². The molecule has 2 aromatic carbocycles. The fourth-order valence-electron chi connectivity index (χ4n) is 3.31. The van der Waals surface area contributed by atoms with E-state index in [0.717, 1.165) is 24.1 Å². The van der Waals surface area contributed by atoms with Gasteiger partial charge < -0.3 is 0 Å². The summed E-state index contributed by atoms with van der Waals surface area (Å²) in [6.07, 6.45) is 2.13. The summed E-state index contributed by atoms with van der Waals surface area (Å²) in [5, 5.41) is 5.15. The van der Waals surface area contributed by atoms with Gasteiger partial charge in [0, 0.05) is 29.6 Å². The van der Waals surface area contributed by atoms with Crippen LogP contribution in [0.2, 0.25) is 5.02 Å². The van der Waals surface area contributed by atoms with E-state index in [2.05, 4.69) is 29.4 Å². The number of aromatic nitrogens is 1. The Balaban J connectivity index is 1.80. The highest BCUT2D eigenvalue weighted by Gasteiger charge is 2.25. The van der Waals surface area contributed by atoms with Crippen LogP contribution in [0.1, 0.15) is 43.1 Å². The fourth-order valence-corrected chi connectivity index (χ4v) is 5.98. The molecule has 0 radical (unpaired) electrons. The molecule has 32 heavy (non-hydrogen) atoms. The van der Waals surface area contributed by atoms with Crippen LogP contribution in [0, 0.1) is 0 Å². The summed E-state index contributed by atoms with van der Waals surface area (Å²) in [7, 11) is -3.79. The molecule has 0 atom stereocenters. The number of nitrogens with one attached hydrogen (secondary N) is 1. The Labute approximate surface area is 198 Å². The van der Waals surface area contributed by atoms with Crippen LogP contribution in [0.25, 0.3) is 11.3 Å². The smallest absolute Gasteiger partial charge is 0.257 e. The lowest BCUT2D eigenvalue weighted by Gasteiger charge is -2.19. The predicted molar refractivity (Wildman–Crippen MR) is 131 cm³/mol. The molecule has 1 aromatic heterocycles. The molecule has 170 valence electrons. The highest BCUT2D eigenvalue weighted by Crippen LogP contribution is 2.28. The van der Waals surface area contributed by atoms with Gasteiger partial charge in [-0.1, -0.05) is 63.1 Å². The molecule has 0 saturated carbocycles. The van der Waals surface area contributed by atoms with Crippen LogP contribution in [0.5, 0.6) is 0 Å². The SMILES string of the molecule is CCCc1ccc(-c2csc(NC(=O)c3ccc(Cl)c(S(=O)(=O)N(CC)CC)c3)n2)cc1. The van der Waals surface area contributed by atoms with Crippen LogP contribution in [0.3, 0.4) is 0 Å². The third kappa shape index (κ3) is 5.38. The number of benzene rings is 2. The number of nitrogens with zero attached hydrogens (tertiary/aromatic N) is 2. The molecular formula is C23H26ClN3O3S2. The normalized spacial score (nSPS) is 11.7. The van der Waals surface area contributed by atoms with E-state index < -0.39 is 15.9 Å². The Bertz CT molecular complexity index is 1190. The summed E-state index contributed by atoms with van der Waals surface area (Å²) >= 11 is 7.47. The number of amides is 1. The zero-order valence-electron chi connectivity index (χ0n) is 18.3. The van der Waals surface area contributed by atoms with Gasteiger partial charge in [0.1, 0.15) is 4.90 Å². The molecule has 0 aliphatic heterocycles. The van der Waals surface area contributed by atoms with Crippen LogP contribution in [0.15, 0.2) is 52.7 Å². The number of carbonyl (C=O) groups is 1. The molecule has 3 rings (SSSR count). The van der Waals surface area contributed by atoms with Gasteiger partial charge in [-0.05, 0) is 30.2 Å². The van der Waals surface area contributed by atoms with Gasteiger partial charge in [0.2, 0.25) is 10.0 Å². The van der Waals surface area contributed by atoms with Gasteiger partial charge in [-0.2, -0.15) is 4.31 Å². The van der Waals surface area contributed by atoms with E-state index in [1.54, 1.807) is 13.8 Å². The molecule has 0 bridgehead atoms. The number of carbonyl (C=O) groups excluding carboxylic acids is 1. The quantitative estimate of drug-likeness (QED) is 0.416. The van der Waals surface area contributed by atoms with Gasteiger partial charge in [0.05, 0.1) is 10.7 Å². The number of hydrogen-bond donors (Lipinski definition) is 1. The van der Waals surface area contributed by atoms with Crippen molar-refractivity contribution in [3.63, 3.8) is 0 Å². The molecule has 0 fully saturated rings. The number of thiazole rings is 1. The first kappa shape index (κ1) is 24.4. The van der Waals surface area contributed by atoms with Crippen molar-refractivity contribution < 1.29 is 13.2 Å². The topological polar surface area (TPSA) is 79.4 Å². The number of hydrogen-bond acceptors (Lipinski definition) is 5. The van der Waals surface area contributed by atoms with Crippen molar-refractivity contribution in [3.05, 3.63) is 64.0 Å². The van der Waals surface area contributed by atoms with Gasteiger partial charge in [0.15, 0.2) is 5.13 Å². The van der Waals surface area contributed by atoms with Gasteiger partial charge in [-0.15, -0.1) is 11.3 Å². The number of rotatable bonds is 9. The van der Waals surface area contributed by atoms with E-state index in [1.165, 1.54) is 39.4 Å². The van der Waals surface area contributed by atoms with Crippen LogP contribution < -0.4 is 5.32 Å². The lowest BCUT2D eigenvalue weighted by atomic mass is 10.1. The van der Waals surface area contributed by atoms with E-state index in [1.807, 2.05) is 17.5 Å². The van der Waals surface area contributed by atoms with Crippen LogP contribution in [-0.2, 0) is 16.4 Å². The van der Waals surface area contributed by atoms with Crippen molar-refractivity contribution in [2.24, 2.45) is 0 Å². The monoisotopic (exact) mass is 491 g/mol. The Morgan fingerprint density at radius 3 is 2.41 bits per heavy atom. The van der Waals surface area contributed by atoms with E-state index >= 15 is 0 Å². The second-order valence-electron chi connectivity index (χ2n) is 7.17. The van der Waals surface area contributed by atoms with Crippen LogP contribution in [-0.4, -0.2) is 36.7 Å². The Kier molecular flexibility index (Phi) is 8.05. The maximum absolute atomic E-state index is 12.9. The fraction of sp³-hybridized carbons (Fsp3) is 0.304. The average molecular weight is 492 g/mol. The third-order valence-electron chi connectivity index (χ3n) is 5.03. The molecule has 1 amide bonds. The number of sulfonamides is 1. The first-order chi connectivity index (χ1) is 15.3. The Hall–Kier alpha value is -2.26. The number of aryl methyl sites for hydroxylation is 1. The van der Waals surface area contributed by atoms with Gasteiger partial charge >= 0.3 is 0 Å². The van der Waals surface area contributed by atoms with Gasteiger partial charge in [-0.3, -0.25) is 10.1 Å². The molecule has 9 heteroatoms. The summed E-state index contributed by atoms with van der Waals surface area (Å²) in [5.74, 6) is -0.447. The minimum atomic E-state index is -3.79. The van der Waals surface area contributed by atoms with E-state index in [9.17, 15) is 13.2 Å². The molecule has 0 aliphatic carbocycles. The highest BCUT2D eigenvalue weighted by molar-refractivity contribution is 7.89. The highest BCUT2D eigenvalue weighted by atomic mass is 35.5. The maximum atomic E-state index is 12.9. The zero-order chi connectivity index (χ0) is 23.3. The third-order valence-corrected chi connectivity index (χ3v) is 8.32. The molecule has 1 N–H and O–H groups in total. The molecule has 1 heterocycles. The molecule has 0 aliphatic rings. The molecule has 0 spiro atoms. The minimum Gasteiger partial charge on any atom is -0.298 e. The minimum absolute atomic E-state index is 0.0801. The average Bonchev–Trinajstić information content (AvgIpc) is 3.23. The largest absolute Gasteiger partial charge is 0.298 e. The molecule has 6 nitrogen and oxygen atoms in total. The van der Waals surface area contributed by atoms with Gasteiger partial charge in [-0.25, -0.2) is 13.4 Å². The van der Waals surface area contributed by atoms with E-state index in [0.29, 0.717) is 18.2 Å². The standard InChI is InChI=1S/C23H26ClN3O3S2/c1-4-7-16-8-10-17(11-9-16)20-15-31-23(25-20)26-22(28)18-12-13-19(24)21(14-18)32(29,30)27(5-2)6-3/h8-15H,4-7H2,1-3H3,(H,25,26,28). The molecule has 3 aromatic rings. The summed E-state index contributed by atoms with van der Waals surface area (Å²) < 4.78 is 27.0. The van der Waals surface area contributed by atoms with Gasteiger partial charge in [0.25, 0.3) is 5.91 Å². The van der Waals surface area contributed by atoms with Crippen molar-refractivity contribution in [2.75, 3.05) is 18.4 Å². The van der Waals surface area contributed by atoms with Crippen LogP contribution in [0.4, 0.5) is 5.13 Å². The predicted octanol–water partition coefficient (Wildman–Crippen LogP) is 5.70. The Morgan fingerprint density at radius 2 is 1.78 bits per heavy atom. The molecule has 0 unspecified atom stereocenters. The number of halogens is 1.